The van der Waals surface area contributed by atoms with E-state index in [0.29, 0.717) is 6.54 Å². The zero-order valence-corrected chi connectivity index (χ0v) is 7.50. The maximum atomic E-state index is 10.4. The van der Waals surface area contributed by atoms with Gasteiger partial charge in [-0.1, -0.05) is 13.8 Å². The molecule has 0 radical (unpaired) electrons. The van der Waals surface area contributed by atoms with E-state index in [-0.39, 0.29) is 5.92 Å². The molecular formula is C8H17NO2. The number of aliphatic carboxylic acids is 1. The van der Waals surface area contributed by atoms with Crippen molar-refractivity contribution in [2.24, 2.45) is 5.92 Å². The fourth-order valence-electron chi connectivity index (χ4n) is 1.02. The standard InChI is InChI=1S/C8H17NO2/c1-4-5-9(3)6-7(2)8(10)11/h7H,4-6H2,1-3H3,(H,10,11). The van der Waals surface area contributed by atoms with Crippen LogP contribution in [0, 0.1) is 5.92 Å². The van der Waals surface area contributed by atoms with Crippen LogP contribution in [0.4, 0.5) is 0 Å². The Hall–Kier alpha value is -0.570. The molecule has 1 N–H and O–H groups in total. The minimum absolute atomic E-state index is 0.258. The van der Waals surface area contributed by atoms with Crippen LogP contribution in [0.5, 0.6) is 0 Å². The van der Waals surface area contributed by atoms with E-state index >= 15 is 0 Å². The second-order valence-corrected chi connectivity index (χ2v) is 3.00. The lowest BCUT2D eigenvalue weighted by Crippen LogP contribution is -2.29. The molecular weight excluding hydrogens is 142 g/mol. The van der Waals surface area contributed by atoms with E-state index in [4.69, 9.17) is 5.11 Å². The number of rotatable bonds is 5. The first kappa shape index (κ1) is 10.4. The van der Waals surface area contributed by atoms with Gasteiger partial charge in [-0.15, -0.1) is 0 Å². The summed E-state index contributed by atoms with van der Waals surface area (Å²) in [6.07, 6.45) is 1.07. The highest BCUT2D eigenvalue weighted by Crippen LogP contribution is 1.98. The smallest absolute Gasteiger partial charge is 0.307 e. The molecule has 0 fully saturated rings. The number of hydrogen-bond donors (Lipinski definition) is 1. The monoisotopic (exact) mass is 159 g/mol. The van der Waals surface area contributed by atoms with Gasteiger partial charge >= 0.3 is 5.97 Å². The molecule has 0 spiro atoms. The van der Waals surface area contributed by atoms with Crippen molar-refractivity contribution in [3.05, 3.63) is 0 Å². The van der Waals surface area contributed by atoms with Crippen molar-refractivity contribution in [1.82, 2.24) is 4.90 Å². The van der Waals surface area contributed by atoms with E-state index in [0.717, 1.165) is 13.0 Å². The van der Waals surface area contributed by atoms with E-state index in [1.54, 1.807) is 6.92 Å². The second-order valence-electron chi connectivity index (χ2n) is 3.00. The number of carboxylic acid groups (broad SMARTS) is 1. The van der Waals surface area contributed by atoms with Gasteiger partial charge in [-0.25, -0.2) is 0 Å². The first-order chi connectivity index (χ1) is 5.07. The third-order valence-corrected chi connectivity index (χ3v) is 1.61. The number of hydrogen-bond acceptors (Lipinski definition) is 2. The van der Waals surface area contributed by atoms with Gasteiger partial charge in [0, 0.05) is 6.54 Å². The van der Waals surface area contributed by atoms with E-state index < -0.39 is 5.97 Å². The van der Waals surface area contributed by atoms with Crippen LogP contribution >= 0.6 is 0 Å². The molecule has 1 unspecified atom stereocenters. The summed E-state index contributed by atoms with van der Waals surface area (Å²) in [5.74, 6) is -0.973. The Bertz CT molecular complexity index is 125. The molecule has 0 aromatic carbocycles. The van der Waals surface area contributed by atoms with Crippen molar-refractivity contribution in [2.75, 3.05) is 20.1 Å². The topological polar surface area (TPSA) is 40.5 Å². The molecule has 0 rings (SSSR count). The van der Waals surface area contributed by atoms with E-state index in [2.05, 4.69) is 6.92 Å². The predicted octanol–water partition coefficient (Wildman–Crippen LogP) is 1.05. The van der Waals surface area contributed by atoms with E-state index in [9.17, 15) is 4.79 Å². The third-order valence-electron chi connectivity index (χ3n) is 1.61. The van der Waals surface area contributed by atoms with Crippen LogP contribution in [-0.4, -0.2) is 36.1 Å². The molecule has 11 heavy (non-hydrogen) atoms. The zero-order chi connectivity index (χ0) is 8.85. The summed E-state index contributed by atoms with van der Waals surface area (Å²) in [6.45, 7) is 5.43. The Morgan fingerprint density at radius 3 is 2.55 bits per heavy atom. The largest absolute Gasteiger partial charge is 0.481 e. The summed E-state index contributed by atoms with van der Waals surface area (Å²) in [5, 5.41) is 8.57. The maximum absolute atomic E-state index is 10.4. The normalized spacial score (nSPS) is 13.5. The molecule has 0 aliphatic rings. The fourth-order valence-corrected chi connectivity index (χ4v) is 1.02. The lowest BCUT2D eigenvalue weighted by atomic mass is 10.2. The molecule has 66 valence electrons. The van der Waals surface area contributed by atoms with Gasteiger partial charge in [-0.2, -0.15) is 0 Å². The minimum Gasteiger partial charge on any atom is -0.481 e. The molecule has 0 aromatic rings. The van der Waals surface area contributed by atoms with Crippen LogP contribution in [0.15, 0.2) is 0 Å². The number of nitrogens with zero attached hydrogens (tertiary/aromatic N) is 1. The fraction of sp³-hybridized carbons (Fsp3) is 0.875. The Morgan fingerprint density at radius 1 is 1.64 bits per heavy atom. The van der Waals surface area contributed by atoms with Gasteiger partial charge in [0.25, 0.3) is 0 Å². The SMILES string of the molecule is CCCN(C)CC(C)C(=O)O. The van der Waals surface area contributed by atoms with Crippen molar-refractivity contribution in [3.63, 3.8) is 0 Å². The molecule has 0 saturated heterocycles. The van der Waals surface area contributed by atoms with Crippen LogP contribution in [-0.2, 0) is 4.79 Å². The van der Waals surface area contributed by atoms with Gasteiger partial charge in [-0.3, -0.25) is 4.79 Å². The molecule has 0 aromatic heterocycles. The van der Waals surface area contributed by atoms with Crippen LogP contribution in [0.25, 0.3) is 0 Å². The van der Waals surface area contributed by atoms with Crippen LogP contribution < -0.4 is 0 Å². The Kier molecular flexibility index (Phi) is 4.86. The Labute approximate surface area is 68.0 Å². The maximum Gasteiger partial charge on any atom is 0.307 e. The number of carbonyl (C=O) groups is 1. The molecule has 0 aliphatic heterocycles. The van der Waals surface area contributed by atoms with Crippen molar-refractivity contribution in [2.45, 2.75) is 20.3 Å². The highest BCUT2D eigenvalue weighted by Gasteiger charge is 2.12. The van der Waals surface area contributed by atoms with Crippen LogP contribution in [0.1, 0.15) is 20.3 Å². The van der Waals surface area contributed by atoms with Gasteiger partial charge in [0.15, 0.2) is 0 Å². The van der Waals surface area contributed by atoms with E-state index in [1.807, 2.05) is 11.9 Å². The molecule has 3 heteroatoms. The Morgan fingerprint density at radius 2 is 2.18 bits per heavy atom. The third kappa shape index (κ3) is 4.79. The van der Waals surface area contributed by atoms with Gasteiger partial charge in [0.1, 0.15) is 0 Å². The molecule has 0 aliphatic carbocycles. The summed E-state index contributed by atoms with van der Waals surface area (Å²) in [4.78, 5) is 12.5. The molecule has 0 bridgehead atoms. The van der Waals surface area contributed by atoms with Crippen LogP contribution in [0.3, 0.4) is 0 Å². The molecule has 1 atom stereocenters. The lowest BCUT2D eigenvalue weighted by Gasteiger charge is -2.17. The molecule has 0 amide bonds. The van der Waals surface area contributed by atoms with Gasteiger partial charge in [0.05, 0.1) is 5.92 Å². The first-order valence-corrected chi connectivity index (χ1v) is 3.99. The highest BCUT2D eigenvalue weighted by atomic mass is 16.4. The summed E-state index contributed by atoms with van der Waals surface area (Å²) < 4.78 is 0. The summed E-state index contributed by atoms with van der Waals surface area (Å²) in [5.41, 5.74) is 0. The number of carboxylic acids is 1. The molecule has 0 saturated carbocycles. The zero-order valence-electron chi connectivity index (χ0n) is 7.50. The summed E-state index contributed by atoms with van der Waals surface area (Å²) in [7, 11) is 1.95. The summed E-state index contributed by atoms with van der Waals surface area (Å²) in [6, 6.07) is 0. The predicted molar refractivity (Wildman–Crippen MR) is 44.6 cm³/mol. The average Bonchev–Trinajstić information content (AvgIpc) is 1.87. The highest BCUT2D eigenvalue weighted by molar-refractivity contribution is 5.69. The molecule has 0 heterocycles. The van der Waals surface area contributed by atoms with Crippen molar-refractivity contribution >= 4 is 5.97 Å². The van der Waals surface area contributed by atoms with Gasteiger partial charge in [-0.05, 0) is 20.0 Å². The van der Waals surface area contributed by atoms with Crippen LogP contribution in [0.2, 0.25) is 0 Å². The van der Waals surface area contributed by atoms with Crippen molar-refractivity contribution in [1.29, 1.82) is 0 Å². The van der Waals surface area contributed by atoms with Crippen molar-refractivity contribution < 1.29 is 9.90 Å². The average molecular weight is 159 g/mol. The quantitative estimate of drug-likeness (QED) is 0.651. The lowest BCUT2D eigenvalue weighted by molar-refractivity contribution is -0.141. The Balaban J connectivity index is 3.56. The second kappa shape index (κ2) is 5.13. The van der Waals surface area contributed by atoms with E-state index in [1.165, 1.54) is 0 Å². The van der Waals surface area contributed by atoms with Crippen molar-refractivity contribution in [3.8, 4) is 0 Å². The first-order valence-electron chi connectivity index (χ1n) is 3.99. The minimum atomic E-state index is -0.715. The van der Waals surface area contributed by atoms with Gasteiger partial charge < -0.3 is 10.0 Å². The summed E-state index contributed by atoms with van der Waals surface area (Å²) >= 11 is 0. The molecule has 3 nitrogen and oxygen atoms in total. The van der Waals surface area contributed by atoms with Gasteiger partial charge in [0.2, 0.25) is 0 Å².